The van der Waals surface area contributed by atoms with E-state index in [9.17, 15) is 13.2 Å². The number of aromatic nitrogens is 1. The van der Waals surface area contributed by atoms with Crippen LogP contribution in [0.4, 0.5) is 13.2 Å². The maximum Gasteiger partial charge on any atom is 0.416 e. The van der Waals surface area contributed by atoms with Crippen LogP contribution in [0, 0.1) is 0 Å². The topological polar surface area (TPSA) is 38.9 Å². The number of halogens is 3. The third-order valence-electron chi connectivity index (χ3n) is 2.75. The molecule has 2 aromatic rings. The Kier molecular flexibility index (Phi) is 4.67. The second-order valence-electron chi connectivity index (χ2n) is 4.22. The Bertz CT molecular complexity index is 541. The van der Waals surface area contributed by atoms with Gasteiger partial charge in [-0.05, 0) is 29.8 Å². The van der Waals surface area contributed by atoms with Gasteiger partial charge in [0.1, 0.15) is 0 Å². The lowest BCUT2D eigenvalue weighted by molar-refractivity contribution is -0.137. The molecule has 0 saturated heterocycles. The van der Waals surface area contributed by atoms with Crippen LogP contribution in [0.2, 0.25) is 0 Å². The summed E-state index contributed by atoms with van der Waals surface area (Å²) in [6, 6.07) is 8.41. The van der Waals surface area contributed by atoms with E-state index in [0.29, 0.717) is 11.3 Å². The fraction of sp³-hybridized carbons (Fsp3) is 0.214. The van der Waals surface area contributed by atoms with Gasteiger partial charge in [-0.25, -0.2) is 0 Å². The maximum atomic E-state index is 12.4. The fourth-order valence-corrected chi connectivity index (χ4v) is 2.51. The van der Waals surface area contributed by atoms with Gasteiger partial charge in [-0.15, -0.1) is 11.8 Å². The van der Waals surface area contributed by atoms with Gasteiger partial charge >= 0.3 is 6.18 Å². The molecule has 1 aromatic heterocycles. The standard InChI is InChI=1S/C14H13F3N2S/c15-14(16,17)11-3-1-10(2-4-11)13(18)9-20-12-5-7-19-8-6-12/h1-8,13H,9,18H2. The molecule has 1 unspecified atom stereocenters. The van der Waals surface area contributed by atoms with Gasteiger partial charge in [-0.3, -0.25) is 4.98 Å². The number of nitrogens with zero attached hydrogens (tertiary/aromatic N) is 1. The molecule has 0 saturated carbocycles. The van der Waals surface area contributed by atoms with Gasteiger partial charge in [0.2, 0.25) is 0 Å². The van der Waals surface area contributed by atoms with Crippen molar-refractivity contribution in [2.24, 2.45) is 5.73 Å². The Morgan fingerprint density at radius 1 is 1.05 bits per heavy atom. The molecule has 6 heteroatoms. The molecular weight excluding hydrogens is 285 g/mol. The summed E-state index contributed by atoms with van der Waals surface area (Å²) in [6.45, 7) is 0. The summed E-state index contributed by atoms with van der Waals surface area (Å²) in [5, 5.41) is 0. The van der Waals surface area contributed by atoms with Gasteiger partial charge in [0.25, 0.3) is 0 Å². The first-order valence-corrected chi connectivity index (χ1v) is 6.91. The van der Waals surface area contributed by atoms with Crippen LogP contribution >= 0.6 is 11.8 Å². The second kappa shape index (κ2) is 6.28. The molecule has 1 aromatic carbocycles. The van der Waals surface area contributed by atoms with Gasteiger partial charge in [0.15, 0.2) is 0 Å². The Labute approximate surface area is 119 Å². The SMILES string of the molecule is NC(CSc1ccncc1)c1ccc(C(F)(F)F)cc1. The van der Waals surface area contributed by atoms with E-state index in [4.69, 9.17) is 5.73 Å². The van der Waals surface area contributed by atoms with Gasteiger partial charge < -0.3 is 5.73 Å². The zero-order valence-corrected chi connectivity index (χ0v) is 11.3. The van der Waals surface area contributed by atoms with Crippen LogP contribution < -0.4 is 5.73 Å². The number of benzene rings is 1. The summed E-state index contributed by atoms with van der Waals surface area (Å²) >= 11 is 1.55. The van der Waals surface area contributed by atoms with Crippen molar-refractivity contribution in [2.75, 3.05) is 5.75 Å². The van der Waals surface area contributed by atoms with Crippen LogP contribution in [-0.2, 0) is 6.18 Å². The Balaban J connectivity index is 1.97. The van der Waals surface area contributed by atoms with Crippen molar-refractivity contribution in [3.63, 3.8) is 0 Å². The summed E-state index contributed by atoms with van der Waals surface area (Å²) in [5.74, 6) is 0.593. The molecule has 0 aliphatic rings. The number of hydrogen-bond donors (Lipinski definition) is 1. The average Bonchev–Trinajstić information content (AvgIpc) is 2.45. The number of hydrogen-bond acceptors (Lipinski definition) is 3. The number of rotatable bonds is 4. The Hall–Kier alpha value is -1.53. The number of alkyl halides is 3. The normalized spacial score (nSPS) is 13.2. The highest BCUT2D eigenvalue weighted by Gasteiger charge is 2.30. The molecule has 106 valence electrons. The monoisotopic (exact) mass is 298 g/mol. The van der Waals surface area contributed by atoms with Crippen molar-refractivity contribution >= 4 is 11.8 Å². The summed E-state index contributed by atoms with van der Waals surface area (Å²) < 4.78 is 37.3. The van der Waals surface area contributed by atoms with Crippen molar-refractivity contribution in [1.82, 2.24) is 4.98 Å². The zero-order valence-electron chi connectivity index (χ0n) is 10.5. The van der Waals surface area contributed by atoms with Gasteiger partial charge in [-0.2, -0.15) is 13.2 Å². The molecule has 0 bridgehead atoms. The summed E-state index contributed by atoms with van der Waals surface area (Å²) in [6.07, 6.45) is -0.938. The predicted octanol–water partition coefficient (Wildman–Crippen LogP) is 3.89. The third kappa shape index (κ3) is 3.98. The van der Waals surface area contributed by atoms with E-state index in [1.807, 2.05) is 12.1 Å². The van der Waals surface area contributed by atoms with Gasteiger partial charge in [0, 0.05) is 29.1 Å². The Morgan fingerprint density at radius 2 is 1.65 bits per heavy atom. The minimum atomic E-state index is -4.31. The van der Waals surface area contributed by atoms with E-state index in [0.717, 1.165) is 17.0 Å². The smallest absolute Gasteiger partial charge is 0.323 e. The van der Waals surface area contributed by atoms with Crippen molar-refractivity contribution in [3.8, 4) is 0 Å². The quantitative estimate of drug-likeness (QED) is 0.870. The van der Waals surface area contributed by atoms with Gasteiger partial charge in [0.05, 0.1) is 5.56 Å². The lowest BCUT2D eigenvalue weighted by Crippen LogP contribution is -2.13. The Morgan fingerprint density at radius 3 is 2.20 bits per heavy atom. The van der Waals surface area contributed by atoms with E-state index < -0.39 is 11.7 Å². The zero-order chi connectivity index (χ0) is 14.6. The van der Waals surface area contributed by atoms with E-state index in [2.05, 4.69) is 4.98 Å². The van der Waals surface area contributed by atoms with Crippen LogP contribution in [0.3, 0.4) is 0 Å². The third-order valence-corrected chi connectivity index (χ3v) is 3.88. The average molecular weight is 298 g/mol. The minimum Gasteiger partial charge on any atom is -0.323 e. The van der Waals surface area contributed by atoms with Crippen molar-refractivity contribution < 1.29 is 13.2 Å². The number of nitrogens with two attached hydrogens (primary N) is 1. The highest BCUT2D eigenvalue weighted by molar-refractivity contribution is 7.99. The van der Waals surface area contributed by atoms with E-state index >= 15 is 0 Å². The van der Waals surface area contributed by atoms with E-state index in [1.165, 1.54) is 12.1 Å². The predicted molar refractivity (Wildman–Crippen MR) is 73.3 cm³/mol. The molecule has 2 rings (SSSR count). The highest BCUT2D eigenvalue weighted by atomic mass is 32.2. The van der Waals surface area contributed by atoms with Crippen LogP contribution in [0.25, 0.3) is 0 Å². The minimum absolute atomic E-state index is 0.310. The number of thioether (sulfide) groups is 1. The molecule has 1 heterocycles. The van der Waals surface area contributed by atoms with Crippen LogP contribution in [-0.4, -0.2) is 10.7 Å². The lowest BCUT2D eigenvalue weighted by Gasteiger charge is -2.13. The molecule has 0 aliphatic carbocycles. The summed E-state index contributed by atoms with van der Waals surface area (Å²) in [4.78, 5) is 4.94. The molecule has 0 aliphatic heterocycles. The molecule has 20 heavy (non-hydrogen) atoms. The van der Waals surface area contributed by atoms with Crippen molar-refractivity contribution in [1.29, 1.82) is 0 Å². The van der Waals surface area contributed by atoms with Crippen LogP contribution in [0.5, 0.6) is 0 Å². The summed E-state index contributed by atoms with van der Waals surface area (Å²) in [7, 11) is 0. The van der Waals surface area contributed by atoms with E-state index in [-0.39, 0.29) is 6.04 Å². The van der Waals surface area contributed by atoms with Crippen LogP contribution in [0.15, 0.2) is 53.7 Å². The molecular formula is C14H13F3N2S. The first kappa shape index (κ1) is 14.9. The van der Waals surface area contributed by atoms with E-state index in [1.54, 1.807) is 24.2 Å². The summed E-state index contributed by atoms with van der Waals surface area (Å²) in [5.41, 5.74) is 6.02. The molecule has 0 amide bonds. The van der Waals surface area contributed by atoms with Gasteiger partial charge in [-0.1, -0.05) is 12.1 Å². The molecule has 1 atom stereocenters. The fourth-order valence-electron chi connectivity index (χ4n) is 1.64. The molecule has 0 radical (unpaired) electrons. The highest BCUT2D eigenvalue weighted by Crippen LogP contribution is 2.30. The van der Waals surface area contributed by atoms with Crippen molar-refractivity contribution in [2.45, 2.75) is 17.1 Å². The van der Waals surface area contributed by atoms with Crippen molar-refractivity contribution in [3.05, 3.63) is 59.9 Å². The molecule has 2 N–H and O–H groups in total. The molecule has 0 fully saturated rings. The molecule has 0 spiro atoms. The first-order chi connectivity index (χ1) is 9.47. The first-order valence-electron chi connectivity index (χ1n) is 5.92. The lowest BCUT2D eigenvalue weighted by atomic mass is 10.1. The number of pyridine rings is 1. The van der Waals surface area contributed by atoms with Crippen LogP contribution in [0.1, 0.15) is 17.2 Å². The second-order valence-corrected chi connectivity index (χ2v) is 5.31. The maximum absolute atomic E-state index is 12.4. The largest absolute Gasteiger partial charge is 0.416 e. The molecule has 2 nitrogen and oxygen atoms in total.